The lowest BCUT2D eigenvalue weighted by molar-refractivity contribution is 0.101. The molecule has 1 aliphatic rings. The summed E-state index contributed by atoms with van der Waals surface area (Å²) in [5.74, 6) is 0. The van der Waals surface area contributed by atoms with Crippen molar-refractivity contribution in [2.75, 3.05) is 6.61 Å². The Kier molecular flexibility index (Phi) is 5.92. The lowest BCUT2D eigenvalue weighted by Crippen LogP contribution is -2.13. The fourth-order valence-corrected chi connectivity index (χ4v) is 3.45. The van der Waals surface area contributed by atoms with E-state index in [1.165, 1.54) is 22.0 Å². The molecule has 0 amide bonds. The van der Waals surface area contributed by atoms with E-state index >= 15 is 0 Å². The standard InChI is InChI=1S/C14H19BrINO/c15-13-7-6-10(16)9-12(13)14(17)5-1-3-11-4-2-8-18-11/h6-7,9,11,14H,1-5,8,17H2. The number of nitrogens with two attached hydrogens (primary N) is 1. The van der Waals surface area contributed by atoms with E-state index in [-0.39, 0.29) is 6.04 Å². The van der Waals surface area contributed by atoms with Gasteiger partial charge in [-0.05, 0) is 78.5 Å². The van der Waals surface area contributed by atoms with Crippen molar-refractivity contribution in [3.8, 4) is 0 Å². The molecule has 1 aliphatic heterocycles. The van der Waals surface area contributed by atoms with Gasteiger partial charge in [-0.3, -0.25) is 0 Å². The summed E-state index contributed by atoms with van der Waals surface area (Å²) in [6.45, 7) is 0.944. The SMILES string of the molecule is NC(CCCC1CCCO1)c1cc(I)ccc1Br. The maximum absolute atomic E-state index is 6.28. The van der Waals surface area contributed by atoms with E-state index < -0.39 is 0 Å². The van der Waals surface area contributed by atoms with Gasteiger partial charge >= 0.3 is 0 Å². The van der Waals surface area contributed by atoms with Gasteiger partial charge in [-0.1, -0.05) is 15.9 Å². The van der Waals surface area contributed by atoms with Crippen LogP contribution in [0.1, 0.15) is 43.7 Å². The fourth-order valence-electron chi connectivity index (χ4n) is 2.39. The van der Waals surface area contributed by atoms with Crippen LogP contribution < -0.4 is 5.73 Å². The van der Waals surface area contributed by atoms with Crippen LogP contribution in [-0.4, -0.2) is 12.7 Å². The quantitative estimate of drug-likeness (QED) is 0.712. The minimum Gasteiger partial charge on any atom is -0.378 e. The number of hydrogen-bond acceptors (Lipinski definition) is 2. The van der Waals surface area contributed by atoms with Gasteiger partial charge in [0.15, 0.2) is 0 Å². The highest BCUT2D eigenvalue weighted by Crippen LogP contribution is 2.28. The first-order valence-electron chi connectivity index (χ1n) is 6.49. The monoisotopic (exact) mass is 423 g/mol. The molecular formula is C14H19BrINO. The lowest BCUT2D eigenvalue weighted by Gasteiger charge is -2.15. The molecule has 1 saturated heterocycles. The Balaban J connectivity index is 1.83. The molecule has 1 heterocycles. The summed E-state index contributed by atoms with van der Waals surface area (Å²) < 4.78 is 7.99. The van der Waals surface area contributed by atoms with Gasteiger partial charge < -0.3 is 10.5 Å². The lowest BCUT2D eigenvalue weighted by atomic mass is 10.00. The number of hydrogen-bond donors (Lipinski definition) is 1. The summed E-state index contributed by atoms with van der Waals surface area (Å²) in [6, 6.07) is 6.46. The van der Waals surface area contributed by atoms with Crippen molar-refractivity contribution in [2.24, 2.45) is 5.73 Å². The Morgan fingerprint density at radius 3 is 3.06 bits per heavy atom. The molecular weight excluding hydrogens is 405 g/mol. The van der Waals surface area contributed by atoms with Gasteiger partial charge in [0, 0.05) is 20.7 Å². The van der Waals surface area contributed by atoms with Crippen LogP contribution in [0.2, 0.25) is 0 Å². The molecule has 0 bridgehead atoms. The molecule has 18 heavy (non-hydrogen) atoms. The van der Waals surface area contributed by atoms with Gasteiger partial charge in [-0.15, -0.1) is 0 Å². The topological polar surface area (TPSA) is 35.2 Å². The first kappa shape index (κ1) is 14.8. The Labute approximate surface area is 131 Å². The Morgan fingerprint density at radius 1 is 1.50 bits per heavy atom. The second-order valence-corrected chi connectivity index (χ2v) is 6.94. The van der Waals surface area contributed by atoms with Crippen molar-refractivity contribution in [1.29, 1.82) is 0 Å². The zero-order valence-corrected chi connectivity index (χ0v) is 14.1. The first-order chi connectivity index (χ1) is 8.66. The molecule has 2 rings (SSSR count). The molecule has 0 aromatic heterocycles. The Morgan fingerprint density at radius 2 is 2.33 bits per heavy atom. The van der Waals surface area contributed by atoms with Crippen LogP contribution in [0.15, 0.2) is 22.7 Å². The number of halogens is 2. The largest absolute Gasteiger partial charge is 0.378 e. The smallest absolute Gasteiger partial charge is 0.0576 e. The second-order valence-electron chi connectivity index (χ2n) is 4.84. The minimum absolute atomic E-state index is 0.121. The van der Waals surface area contributed by atoms with E-state index in [1.54, 1.807) is 0 Å². The maximum atomic E-state index is 6.28. The van der Waals surface area contributed by atoms with E-state index in [2.05, 4.69) is 56.7 Å². The van der Waals surface area contributed by atoms with E-state index in [9.17, 15) is 0 Å². The van der Waals surface area contributed by atoms with Crippen LogP contribution in [0.4, 0.5) is 0 Å². The van der Waals surface area contributed by atoms with Gasteiger partial charge in [0.05, 0.1) is 6.10 Å². The zero-order chi connectivity index (χ0) is 13.0. The van der Waals surface area contributed by atoms with Crippen molar-refractivity contribution < 1.29 is 4.74 Å². The highest BCUT2D eigenvalue weighted by molar-refractivity contribution is 14.1. The first-order valence-corrected chi connectivity index (χ1v) is 8.36. The van der Waals surface area contributed by atoms with Gasteiger partial charge in [0.25, 0.3) is 0 Å². The molecule has 1 aromatic rings. The van der Waals surface area contributed by atoms with E-state index in [0.29, 0.717) is 6.10 Å². The van der Waals surface area contributed by atoms with Gasteiger partial charge in [0.1, 0.15) is 0 Å². The third-order valence-corrected chi connectivity index (χ3v) is 4.82. The van der Waals surface area contributed by atoms with Gasteiger partial charge in [-0.25, -0.2) is 0 Å². The summed E-state index contributed by atoms with van der Waals surface area (Å²) in [5.41, 5.74) is 7.49. The van der Waals surface area contributed by atoms with Crippen LogP contribution in [0.5, 0.6) is 0 Å². The van der Waals surface area contributed by atoms with E-state index in [0.717, 1.165) is 30.3 Å². The molecule has 2 N–H and O–H groups in total. The maximum Gasteiger partial charge on any atom is 0.0576 e. The number of benzene rings is 1. The fraction of sp³-hybridized carbons (Fsp3) is 0.571. The normalized spacial score (nSPS) is 21.2. The highest BCUT2D eigenvalue weighted by atomic mass is 127. The molecule has 1 fully saturated rings. The molecule has 4 heteroatoms. The van der Waals surface area contributed by atoms with Crippen LogP contribution in [-0.2, 0) is 4.74 Å². The second kappa shape index (κ2) is 7.22. The molecule has 0 spiro atoms. The van der Waals surface area contributed by atoms with Crippen molar-refractivity contribution in [2.45, 2.75) is 44.2 Å². The molecule has 0 radical (unpaired) electrons. The summed E-state index contributed by atoms with van der Waals surface area (Å²) in [7, 11) is 0. The summed E-state index contributed by atoms with van der Waals surface area (Å²) in [5, 5.41) is 0. The number of ether oxygens (including phenoxy) is 1. The summed E-state index contributed by atoms with van der Waals surface area (Å²) in [6.07, 6.45) is 6.25. The molecule has 100 valence electrons. The molecule has 1 aromatic carbocycles. The molecule has 0 aliphatic carbocycles. The van der Waals surface area contributed by atoms with Crippen LogP contribution >= 0.6 is 38.5 Å². The van der Waals surface area contributed by atoms with Gasteiger partial charge in [0.2, 0.25) is 0 Å². The van der Waals surface area contributed by atoms with E-state index in [1.807, 2.05) is 0 Å². The van der Waals surface area contributed by atoms with Gasteiger partial charge in [-0.2, -0.15) is 0 Å². The molecule has 2 atom stereocenters. The van der Waals surface area contributed by atoms with Crippen molar-refractivity contribution in [3.63, 3.8) is 0 Å². The molecule has 2 nitrogen and oxygen atoms in total. The average Bonchev–Trinajstić information content (AvgIpc) is 2.85. The minimum atomic E-state index is 0.121. The predicted octanol–water partition coefficient (Wildman–Crippen LogP) is 4.40. The molecule has 2 unspecified atom stereocenters. The predicted molar refractivity (Wildman–Crippen MR) is 86.6 cm³/mol. The third-order valence-electron chi connectivity index (χ3n) is 3.42. The number of rotatable bonds is 5. The van der Waals surface area contributed by atoms with Crippen molar-refractivity contribution >= 4 is 38.5 Å². The Bertz CT molecular complexity index is 393. The van der Waals surface area contributed by atoms with Crippen molar-refractivity contribution in [1.82, 2.24) is 0 Å². The van der Waals surface area contributed by atoms with Crippen molar-refractivity contribution in [3.05, 3.63) is 31.8 Å². The summed E-state index contributed by atoms with van der Waals surface area (Å²) in [4.78, 5) is 0. The van der Waals surface area contributed by atoms with Crippen LogP contribution in [0, 0.1) is 3.57 Å². The average molecular weight is 424 g/mol. The van der Waals surface area contributed by atoms with E-state index in [4.69, 9.17) is 10.5 Å². The zero-order valence-electron chi connectivity index (χ0n) is 10.4. The third kappa shape index (κ3) is 4.18. The molecule has 0 saturated carbocycles. The van der Waals surface area contributed by atoms with Crippen LogP contribution in [0.25, 0.3) is 0 Å². The Hall–Kier alpha value is 0.350. The highest BCUT2D eigenvalue weighted by Gasteiger charge is 2.16. The van der Waals surface area contributed by atoms with Crippen LogP contribution in [0.3, 0.4) is 0 Å². The summed E-state index contributed by atoms with van der Waals surface area (Å²) >= 11 is 5.91.